The summed E-state index contributed by atoms with van der Waals surface area (Å²) in [7, 11) is 1.72. The van der Waals surface area contributed by atoms with Gasteiger partial charge in [0.25, 0.3) is 0 Å². The van der Waals surface area contributed by atoms with Crippen LogP contribution in [-0.2, 0) is 16.1 Å². The monoisotopic (exact) mass is 491 g/mol. The number of ether oxygens (including phenoxy) is 1. The first-order chi connectivity index (χ1) is 17.2. The predicted octanol–water partition coefficient (Wildman–Crippen LogP) is 3.03. The Kier molecular flexibility index (Phi) is 6.09. The first-order valence-corrected chi connectivity index (χ1v) is 13.0. The molecule has 4 aromatic rings. The van der Waals surface area contributed by atoms with Crippen molar-refractivity contribution in [1.29, 1.82) is 0 Å². The summed E-state index contributed by atoms with van der Waals surface area (Å²) >= 11 is 1.77. The number of amides is 1. The van der Waals surface area contributed by atoms with Crippen LogP contribution < -0.4 is 10.2 Å². The molecule has 1 atom stereocenters. The highest BCUT2D eigenvalue weighted by Crippen LogP contribution is 2.36. The molecular weight excluding hydrogens is 462 g/mol. The van der Waals surface area contributed by atoms with E-state index >= 15 is 0 Å². The van der Waals surface area contributed by atoms with Crippen LogP contribution in [0.15, 0.2) is 30.5 Å². The molecule has 2 N–H and O–H groups in total. The standard InChI is InChI=1S/C25H29N7O2S/c1-26-25(33)16-4-3-7-31(14-16)15-17-12-21-22(35-17)24(32-8-10-34-11-9-32)29-23(28-21)18-5-2-6-20-19(18)13-27-30-20/h2,5-6,12-13,16H,3-4,7-11,14-15H2,1H3,(H,26,33)(H,27,30)/t16-/m0/s1. The number of anilines is 1. The fraction of sp³-hybridized carbons (Fsp3) is 0.440. The number of aromatic nitrogens is 4. The van der Waals surface area contributed by atoms with Gasteiger partial charge in [-0.25, -0.2) is 9.97 Å². The second kappa shape index (κ2) is 9.52. The molecule has 35 heavy (non-hydrogen) atoms. The smallest absolute Gasteiger partial charge is 0.224 e. The summed E-state index contributed by atoms with van der Waals surface area (Å²) in [5, 5.41) is 11.1. The van der Waals surface area contributed by atoms with Crippen LogP contribution in [0, 0.1) is 5.92 Å². The summed E-state index contributed by atoms with van der Waals surface area (Å²) in [6, 6.07) is 8.28. The normalized spacial score (nSPS) is 19.5. The number of H-pyrrole nitrogens is 1. The lowest BCUT2D eigenvalue weighted by molar-refractivity contribution is -0.126. The van der Waals surface area contributed by atoms with E-state index in [1.807, 2.05) is 18.3 Å². The van der Waals surface area contributed by atoms with Crippen molar-refractivity contribution < 1.29 is 9.53 Å². The summed E-state index contributed by atoms with van der Waals surface area (Å²) in [5.41, 5.74) is 2.92. The number of morpholine rings is 1. The zero-order valence-corrected chi connectivity index (χ0v) is 20.6. The number of thiophene rings is 1. The Morgan fingerprint density at radius 1 is 1.26 bits per heavy atom. The number of hydrogen-bond donors (Lipinski definition) is 2. The van der Waals surface area contributed by atoms with Crippen LogP contribution >= 0.6 is 11.3 Å². The highest BCUT2D eigenvalue weighted by Gasteiger charge is 2.26. The Hall–Kier alpha value is -3.08. The number of hydrogen-bond acceptors (Lipinski definition) is 8. The van der Waals surface area contributed by atoms with Gasteiger partial charge in [0.2, 0.25) is 5.91 Å². The maximum absolute atomic E-state index is 12.2. The molecular formula is C25H29N7O2S. The quantitative estimate of drug-likeness (QED) is 0.443. The maximum atomic E-state index is 12.2. The minimum Gasteiger partial charge on any atom is -0.378 e. The van der Waals surface area contributed by atoms with Gasteiger partial charge < -0.3 is 15.0 Å². The van der Waals surface area contributed by atoms with Gasteiger partial charge in [-0.2, -0.15) is 5.10 Å². The summed E-state index contributed by atoms with van der Waals surface area (Å²) < 4.78 is 6.72. The molecule has 1 aromatic carbocycles. The third kappa shape index (κ3) is 4.37. The third-order valence-electron chi connectivity index (χ3n) is 6.94. The molecule has 6 rings (SSSR count). The number of aromatic amines is 1. The Morgan fingerprint density at radius 3 is 3.00 bits per heavy atom. The Labute approximate surface area is 207 Å². The molecule has 10 heteroatoms. The van der Waals surface area contributed by atoms with Gasteiger partial charge in [-0.15, -0.1) is 11.3 Å². The van der Waals surface area contributed by atoms with Crippen LogP contribution in [0.25, 0.3) is 32.5 Å². The number of piperidine rings is 1. The third-order valence-corrected chi connectivity index (χ3v) is 8.05. The minimum absolute atomic E-state index is 0.0638. The van der Waals surface area contributed by atoms with E-state index in [9.17, 15) is 4.79 Å². The van der Waals surface area contributed by atoms with Crippen LogP contribution in [0.1, 0.15) is 17.7 Å². The molecule has 2 fully saturated rings. The van der Waals surface area contributed by atoms with Gasteiger partial charge in [-0.05, 0) is 31.5 Å². The van der Waals surface area contributed by atoms with Crippen LogP contribution in [0.4, 0.5) is 5.82 Å². The van der Waals surface area contributed by atoms with Crippen LogP contribution in [0.3, 0.4) is 0 Å². The lowest BCUT2D eigenvalue weighted by atomic mass is 9.97. The molecule has 0 radical (unpaired) electrons. The maximum Gasteiger partial charge on any atom is 0.224 e. The summed E-state index contributed by atoms with van der Waals surface area (Å²) in [6.07, 6.45) is 3.84. The molecule has 2 aliphatic heterocycles. The Bertz CT molecular complexity index is 1360. The largest absolute Gasteiger partial charge is 0.378 e. The van der Waals surface area contributed by atoms with E-state index in [2.05, 4.69) is 37.4 Å². The molecule has 9 nitrogen and oxygen atoms in total. The zero-order chi connectivity index (χ0) is 23.8. The summed E-state index contributed by atoms with van der Waals surface area (Å²) in [6.45, 7) is 5.66. The van der Waals surface area contributed by atoms with Gasteiger partial charge in [0.1, 0.15) is 0 Å². The van der Waals surface area contributed by atoms with Crippen molar-refractivity contribution in [2.45, 2.75) is 19.4 Å². The highest BCUT2D eigenvalue weighted by molar-refractivity contribution is 7.19. The predicted molar refractivity (Wildman–Crippen MR) is 138 cm³/mol. The van der Waals surface area contributed by atoms with E-state index in [0.717, 1.165) is 78.1 Å². The number of carbonyl (C=O) groups excluding carboxylic acids is 1. The van der Waals surface area contributed by atoms with Crippen LogP contribution in [0.5, 0.6) is 0 Å². The number of nitrogens with zero attached hydrogens (tertiary/aromatic N) is 5. The second-order valence-corrected chi connectivity index (χ2v) is 10.4. The van der Waals surface area contributed by atoms with Crippen molar-refractivity contribution in [3.8, 4) is 11.4 Å². The van der Waals surface area contributed by atoms with E-state index in [4.69, 9.17) is 14.7 Å². The van der Waals surface area contributed by atoms with E-state index < -0.39 is 0 Å². The average Bonchev–Trinajstić information content (AvgIpc) is 3.55. The highest BCUT2D eigenvalue weighted by atomic mass is 32.1. The first kappa shape index (κ1) is 22.4. The summed E-state index contributed by atoms with van der Waals surface area (Å²) in [5.74, 6) is 1.90. The van der Waals surface area contributed by atoms with Gasteiger partial charge >= 0.3 is 0 Å². The Morgan fingerprint density at radius 2 is 2.14 bits per heavy atom. The average molecular weight is 492 g/mol. The molecule has 3 aromatic heterocycles. The van der Waals surface area contributed by atoms with E-state index in [1.165, 1.54) is 4.88 Å². The lowest BCUT2D eigenvalue weighted by Crippen LogP contribution is -2.41. The number of carbonyl (C=O) groups is 1. The van der Waals surface area contributed by atoms with Crippen molar-refractivity contribution in [3.63, 3.8) is 0 Å². The fourth-order valence-corrected chi connectivity index (χ4v) is 6.31. The van der Waals surface area contributed by atoms with Crippen molar-refractivity contribution >= 4 is 44.2 Å². The number of nitrogens with one attached hydrogen (secondary N) is 2. The number of benzene rings is 1. The SMILES string of the molecule is CNC(=O)[C@H]1CCCN(Cc2cc3nc(-c4cccc5[nH]ncc45)nc(N4CCOCC4)c3s2)C1. The molecule has 0 unspecified atom stereocenters. The van der Waals surface area contributed by atoms with Gasteiger partial charge in [0.15, 0.2) is 11.6 Å². The fourth-order valence-electron chi connectivity index (χ4n) is 5.15. The van der Waals surface area contributed by atoms with Gasteiger partial charge in [0.05, 0.1) is 41.1 Å². The molecule has 2 saturated heterocycles. The Balaban J connectivity index is 1.38. The van der Waals surface area contributed by atoms with Crippen LogP contribution in [-0.4, -0.2) is 77.4 Å². The second-order valence-electron chi connectivity index (χ2n) is 9.22. The molecule has 0 aliphatic carbocycles. The first-order valence-electron chi connectivity index (χ1n) is 12.2. The van der Waals surface area contributed by atoms with Crippen LogP contribution in [0.2, 0.25) is 0 Å². The summed E-state index contributed by atoms with van der Waals surface area (Å²) in [4.78, 5) is 28.3. The number of rotatable bonds is 5. The van der Waals surface area contributed by atoms with Gasteiger partial charge in [-0.1, -0.05) is 12.1 Å². The molecule has 5 heterocycles. The van der Waals surface area contributed by atoms with Crippen molar-refractivity contribution in [1.82, 2.24) is 30.4 Å². The molecule has 2 aliphatic rings. The number of likely N-dealkylation sites (tertiary alicyclic amines) is 1. The molecule has 1 amide bonds. The van der Waals surface area contributed by atoms with E-state index in [1.54, 1.807) is 18.4 Å². The molecule has 0 saturated carbocycles. The van der Waals surface area contributed by atoms with Crippen molar-refractivity contribution in [2.24, 2.45) is 5.92 Å². The lowest BCUT2D eigenvalue weighted by Gasteiger charge is -2.31. The van der Waals surface area contributed by atoms with Gasteiger partial charge in [0, 0.05) is 49.1 Å². The number of fused-ring (bicyclic) bond motifs is 2. The van der Waals surface area contributed by atoms with E-state index in [0.29, 0.717) is 19.0 Å². The topological polar surface area (TPSA) is 99.3 Å². The molecule has 0 spiro atoms. The van der Waals surface area contributed by atoms with Crippen molar-refractivity contribution in [3.05, 3.63) is 35.3 Å². The molecule has 0 bridgehead atoms. The molecule has 182 valence electrons. The zero-order valence-electron chi connectivity index (χ0n) is 19.8. The van der Waals surface area contributed by atoms with Crippen molar-refractivity contribution in [2.75, 3.05) is 51.3 Å². The van der Waals surface area contributed by atoms with Gasteiger partial charge in [-0.3, -0.25) is 14.8 Å². The minimum atomic E-state index is 0.0638. The van der Waals surface area contributed by atoms with E-state index in [-0.39, 0.29) is 11.8 Å².